The molecule has 1 fully saturated rings. The normalized spacial score (nSPS) is 16.5. The smallest absolute Gasteiger partial charge is 0.266 e. The molecule has 16 nitrogen and oxygen atoms in total. The monoisotopic (exact) mass is 774 g/mol. The number of aromatic nitrogens is 2. The van der Waals surface area contributed by atoms with E-state index in [1.807, 2.05) is 0 Å². The Hall–Kier alpha value is -5.04. The average Bonchev–Trinajstić information content (AvgIpc) is 3.30. The second-order valence-electron chi connectivity index (χ2n) is 12.0. The highest BCUT2D eigenvalue weighted by molar-refractivity contribution is 7.86. The van der Waals surface area contributed by atoms with Gasteiger partial charge in [-0.3, -0.25) is 19.1 Å². The zero-order valence-electron chi connectivity index (χ0n) is 30.0. The summed E-state index contributed by atoms with van der Waals surface area (Å²) >= 11 is 0. The van der Waals surface area contributed by atoms with Crippen LogP contribution >= 0.6 is 0 Å². The molecule has 286 valence electrons. The van der Waals surface area contributed by atoms with E-state index in [9.17, 15) is 25.9 Å². The predicted molar refractivity (Wildman–Crippen MR) is 198 cm³/mol. The third-order valence-corrected chi connectivity index (χ3v) is 10.4. The van der Waals surface area contributed by atoms with E-state index < -0.39 is 43.8 Å². The van der Waals surface area contributed by atoms with Crippen LogP contribution in [0.5, 0.6) is 34.5 Å². The minimum Gasteiger partial charge on any atom is -0.493 e. The van der Waals surface area contributed by atoms with Crippen molar-refractivity contribution in [3.63, 3.8) is 0 Å². The van der Waals surface area contributed by atoms with Crippen molar-refractivity contribution in [3.05, 3.63) is 60.9 Å². The van der Waals surface area contributed by atoms with Crippen molar-refractivity contribution >= 4 is 31.6 Å². The summed E-state index contributed by atoms with van der Waals surface area (Å²) in [6, 6.07) is 11.5. The number of hydrogen-bond acceptors (Lipinski definition) is 14. The first-order valence-corrected chi connectivity index (χ1v) is 19.4. The molecule has 4 aromatic rings. The topological polar surface area (TPSA) is 196 Å². The SMILES string of the molecule is COc1cc(-c2ccc(N3CCCN(c4ccc(-c5cc(OC)c(OC)c(OC)c5)nc4)C(CS(=O)(=O)O)C3CS(=O)(=O)O)cn2)cc(OC)c1OC. The fraction of sp³-hybridized carbons (Fsp3) is 0.371. The second-order valence-corrected chi connectivity index (χ2v) is 15.0. The molecule has 5 rings (SSSR count). The van der Waals surface area contributed by atoms with E-state index in [0.29, 0.717) is 74.8 Å². The van der Waals surface area contributed by atoms with Crippen molar-refractivity contribution in [1.82, 2.24) is 9.97 Å². The molecule has 2 atom stereocenters. The van der Waals surface area contributed by atoms with Gasteiger partial charge in [-0.2, -0.15) is 16.8 Å². The largest absolute Gasteiger partial charge is 0.493 e. The number of methoxy groups -OCH3 is 6. The summed E-state index contributed by atoms with van der Waals surface area (Å²) in [5.74, 6) is 0.840. The standard InChI is InChI=1S/C35H42N4O12S2/c1-46-30-14-22(15-31(47-2)34(30)50-5)26-10-8-24(18-36-26)38-12-7-13-39(29(21-53(43,44)45)28(38)20-52(40,41)42)25-9-11-27(37-19-25)23-16-32(48-3)35(51-6)33(17-23)49-4/h8-11,14-19,28-29H,7,12-13,20-21H2,1-6H3,(H,40,41,42)(H,43,44,45). The maximum atomic E-state index is 12.5. The number of rotatable bonds is 14. The number of benzene rings is 2. The first kappa shape index (κ1) is 39.2. The summed E-state index contributed by atoms with van der Waals surface area (Å²) < 4.78 is 103. The van der Waals surface area contributed by atoms with Gasteiger partial charge in [-0.15, -0.1) is 0 Å². The lowest BCUT2D eigenvalue weighted by atomic mass is 10.1. The van der Waals surface area contributed by atoms with E-state index in [-0.39, 0.29) is 13.1 Å². The minimum absolute atomic E-state index is 0.265. The number of hydrogen-bond donors (Lipinski definition) is 2. The van der Waals surface area contributed by atoms with E-state index in [4.69, 9.17) is 28.4 Å². The lowest BCUT2D eigenvalue weighted by molar-refractivity contribution is 0.324. The molecule has 2 aromatic carbocycles. The van der Waals surface area contributed by atoms with Crippen molar-refractivity contribution in [3.8, 4) is 57.0 Å². The maximum Gasteiger partial charge on any atom is 0.266 e. The molecule has 18 heteroatoms. The van der Waals surface area contributed by atoms with Gasteiger partial charge in [0.1, 0.15) is 0 Å². The van der Waals surface area contributed by atoms with Crippen molar-refractivity contribution in [2.45, 2.75) is 18.5 Å². The zero-order chi connectivity index (χ0) is 38.5. The fourth-order valence-corrected chi connectivity index (χ4v) is 8.21. The Kier molecular flexibility index (Phi) is 12.1. The van der Waals surface area contributed by atoms with Crippen LogP contribution in [-0.4, -0.2) is 115 Å². The summed E-state index contributed by atoms with van der Waals surface area (Å²) in [7, 11) is -0.340. The molecule has 0 aliphatic carbocycles. The highest BCUT2D eigenvalue weighted by Crippen LogP contribution is 2.42. The third kappa shape index (κ3) is 8.95. The highest BCUT2D eigenvalue weighted by Gasteiger charge is 2.40. The van der Waals surface area contributed by atoms with Crippen molar-refractivity contribution < 1.29 is 54.4 Å². The molecule has 2 unspecified atom stereocenters. The predicted octanol–water partition coefficient (Wildman–Crippen LogP) is 4.09. The molecule has 3 heterocycles. The van der Waals surface area contributed by atoms with Gasteiger partial charge >= 0.3 is 0 Å². The van der Waals surface area contributed by atoms with Gasteiger partial charge < -0.3 is 38.2 Å². The van der Waals surface area contributed by atoms with Crippen LogP contribution in [0.1, 0.15) is 6.42 Å². The molecule has 0 radical (unpaired) electrons. The molecule has 53 heavy (non-hydrogen) atoms. The van der Waals surface area contributed by atoms with Crippen molar-refractivity contribution in [2.75, 3.05) is 77.1 Å². The lowest BCUT2D eigenvalue weighted by Gasteiger charge is -2.40. The van der Waals surface area contributed by atoms with E-state index in [0.717, 1.165) is 0 Å². The van der Waals surface area contributed by atoms with E-state index in [2.05, 4.69) is 9.97 Å². The Morgan fingerprint density at radius 3 is 1.17 bits per heavy atom. The Morgan fingerprint density at radius 2 is 0.925 bits per heavy atom. The van der Waals surface area contributed by atoms with Crippen LogP contribution in [0.4, 0.5) is 11.4 Å². The Bertz CT molecular complexity index is 1910. The van der Waals surface area contributed by atoms with Crippen molar-refractivity contribution in [2.24, 2.45) is 0 Å². The first-order chi connectivity index (χ1) is 25.2. The first-order valence-electron chi connectivity index (χ1n) is 16.2. The molecule has 0 bridgehead atoms. The van der Waals surface area contributed by atoms with Gasteiger partial charge in [0, 0.05) is 24.2 Å². The van der Waals surface area contributed by atoms with Crippen LogP contribution in [-0.2, 0) is 20.2 Å². The van der Waals surface area contributed by atoms with E-state index >= 15 is 0 Å². The van der Waals surface area contributed by atoms with Gasteiger partial charge in [0.15, 0.2) is 23.0 Å². The maximum absolute atomic E-state index is 12.5. The summed E-state index contributed by atoms with van der Waals surface area (Å²) in [5.41, 5.74) is 3.29. The van der Waals surface area contributed by atoms with Gasteiger partial charge in [0.2, 0.25) is 11.5 Å². The average molecular weight is 775 g/mol. The molecular weight excluding hydrogens is 733 g/mol. The number of ether oxygens (including phenoxy) is 6. The fourth-order valence-electron chi connectivity index (χ4n) is 6.54. The quantitative estimate of drug-likeness (QED) is 0.174. The highest BCUT2D eigenvalue weighted by atomic mass is 32.2. The van der Waals surface area contributed by atoms with Crippen LogP contribution in [0.3, 0.4) is 0 Å². The van der Waals surface area contributed by atoms with E-state index in [1.165, 1.54) is 55.1 Å². The zero-order valence-corrected chi connectivity index (χ0v) is 31.7. The molecule has 1 saturated heterocycles. The molecule has 1 aliphatic rings. The van der Waals surface area contributed by atoms with Crippen LogP contribution in [0.25, 0.3) is 22.5 Å². The van der Waals surface area contributed by atoms with Gasteiger partial charge in [0.25, 0.3) is 20.2 Å². The molecule has 1 aliphatic heterocycles. The van der Waals surface area contributed by atoms with Crippen LogP contribution in [0.15, 0.2) is 60.9 Å². The van der Waals surface area contributed by atoms with Crippen molar-refractivity contribution in [1.29, 1.82) is 0 Å². The van der Waals surface area contributed by atoms with Gasteiger partial charge in [-0.05, 0) is 55.0 Å². The Labute approximate surface area is 308 Å². The Balaban J connectivity index is 1.54. The third-order valence-electron chi connectivity index (χ3n) is 8.89. The molecule has 0 saturated carbocycles. The second kappa shape index (κ2) is 16.3. The van der Waals surface area contributed by atoms with Crippen LogP contribution in [0, 0.1) is 0 Å². The number of anilines is 2. The number of pyridine rings is 2. The molecular formula is C35H42N4O12S2. The van der Waals surface area contributed by atoms with Gasteiger partial charge in [0.05, 0.1) is 101 Å². The lowest BCUT2D eigenvalue weighted by Crippen LogP contribution is -2.56. The van der Waals surface area contributed by atoms with E-state index in [1.54, 1.807) is 58.3 Å². The van der Waals surface area contributed by atoms with Gasteiger partial charge in [-0.25, -0.2) is 0 Å². The summed E-state index contributed by atoms with van der Waals surface area (Å²) in [6.45, 7) is 0.529. The van der Waals surface area contributed by atoms with Crippen LogP contribution < -0.4 is 38.2 Å². The summed E-state index contributed by atoms with van der Waals surface area (Å²) in [6.07, 6.45) is 3.50. The number of nitrogens with zero attached hydrogens (tertiary/aromatic N) is 4. The molecule has 2 N–H and O–H groups in total. The minimum atomic E-state index is -4.66. The molecule has 0 spiro atoms. The van der Waals surface area contributed by atoms with Gasteiger partial charge in [-0.1, -0.05) is 0 Å². The molecule has 2 aromatic heterocycles. The van der Waals surface area contributed by atoms with Crippen LogP contribution in [0.2, 0.25) is 0 Å². The summed E-state index contributed by atoms with van der Waals surface area (Å²) in [5, 5.41) is 0. The summed E-state index contributed by atoms with van der Waals surface area (Å²) in [4.78, 5) is 12.6. The molecule has 0 amide bonds. The Morgan fingerprint density at radius 1 is 0.585 bits per heavy atom.